The van der Waals surface area contributed by atoms with Gasteiger partial charge in [0, 0.05) is 13.1 Å². The van der Waals surface area contributed by atoms with Gasteiger partial charge < -0.3 is 9.64 Å². The number of anilines is 1. The van der Waals surface area contributed by atoms with Crippen molar-refractivity contribution in [1.82, 2.24) is 9.97 Å². The number of para-hydroxylation sites is 2. The van der Waals surface area contributed by atoms with Crippen LogP contribution in [0.3, 0.4) is 0 Å². The summed E-state index contributed by atoms with van der Waals surface area (Å²) in [6.07, 6.45) is 3.64. The van der Waals surface area contributed by atoms with Crippen LogP contribution in [-0.4, -0.2) is 35.6 Å². The fourth-order valence-electron chi connectivity index (χ4n) is 2.74. The van der Waals surface area contributed by atoms with Crippen molar-refractivity contribution < 1.29 is 9.53 Å². The Hall–Kier alpha value is -2.17. The molecular formula is C16H19N3O2. The van der Waals surface area contributed by atoms with E-state index in [9.17, 15) is 4.79 Å². The molecule has 1 saturated heterocycles. The van der Waals surface area contributed by atoms with Crippen molar-refractivity contribution in [3.8, 4) is 0 Å². The Morgan fingerprint density at radius 1 is 1.38 bits per heavy atom. The van der Waals surface area contributed by atoms with Gasteiger partial charge in [-0.25, -0.2) is 4.98 Å². The number of piperidine rings is 1. The molecule has 2 heterocycles. The normalized spacial score (nSPS) is 18.7. The summed E-state index contributed by atoms with van der Waals surface area (Å²) in [5, 5.41) is 0. The maximum atomic E-state index is 11.9. The van der Waals surface area contributed by atoms with E-state index in [0.717, 1.165) is 36.2 Å². The van der Waals surface area contributed by atoms with E-state index in [1.54, 1.807) is 6.20 Å². The maximum absolute atomic E-state index is 11.9. The van der Waals surface area contributed by atoms with E-state index in [-0.39, 0.29) is 11.9 Å². The van der Waals surface area contributed by atoms with Crippen LogP contribution >= 0.6 is 0 Å². The number of carbonyl (C=O) groups is 1. The average Bonchev–Trinajstić information content (AvgIpc) is 2.55. The first-order valence-electron chi connectivity index (χ1n) is 7.41. The molecule has 1 atom stereocenters. The van der Waals surface area contributed by atoms with E-state index in [0.29, 0.717) is 13.2 Å². The molecule has 0 aliphatic carbocycles. The van der Waals surface area contributed by atoms with Crippen molar-refractivity contribution in [3.05, 3.63) is 30.5 Å². The third kappa shape index (κ3) is 2.96. The summed E-state index contributed by atoms with van der Waals surface area (Å²) < 4.78 is 5.13. The lowest BCUT2D eigenvalue weighted by Crippen LogP contribution is -2.39. The second-order valence-electron chi connectivity index (χ2n) is 5.25. The number of ether oxygens (including phenoxy) is 1. The summed E-state index contributed by atoms with van der Waals surface area (Å²) in [5.74, 6) is 0.672. The Labute approximate surface area is 124 Å². The molecule has 0 radical (unpaired) electrons. The summed E-state index contributed by atoms with van der Waals surface area (Å²) in [6, 6.07) is 7.81. The van der Waals surface area contributed by atoms with Crippen molar-refractivity contribution in [3.63, 3.8) is 0 Å². The van der Waals surface area contributed by atoms with E-state index >= 15 is 0 Å². The first-order valence-corrected chi connectivity index (χ1v) is 7.41. The topological polar surface area (TPSA) is 55.3 Å². The molecule has 1 aromatic heterocycles. The quantitative estimate of drug-likeness (QED) is 0.811. The molecule has 1 unspecified atom stereocenters. The average molecular weight is 285 g/mol. The summed E-state index contributed by atoms with van der Waals surface area (Å²) >= 11 is 0. The van der Waals surface area contributed by atoms with Crippen LogP contribution in [0, 0.1) is 5.92 Å². The summed E-state index contributed by atoms with van der Waals surface area (Å²) in [7, 11) is 0. The zero-order chi connectivity index (χ0) is 14.7. The summed E-state index contributed by atoms with van der Waals surface area (Å²) in [6.45, 7) is 3.84. The number of fused-ring (bicyclic) bond motifs is 1. The van der Waals surface area contributed by atoms with E-state index in [1.165, 1.54) is 0 Å². The SMILES string of the molecule is CCOC(=O)C1CCCN(c2cnc3ccccc3n2)C1. The molecule has 110 valence electrons. The van der Waals surface area contributed by atoms with Crippen LogP contribution in [0.15, 0.2) is 30.5 Å². The fraction of sp³-hybridized carbons (Fsp3) is 0.438. The van der Waals surface area contributed by atoms with Gasteiger partial charge in [-0.2, -0.15) is 0 Å². The minimum Gasteiger partial charge on any atom is -0.466 e. The Balaban J connectivity index is 1.79. The molecule has 5 heteroatoms. The van der Waals surface area contributed by atoms with Crippen molar-refractivity contribution in [2.75, 3.05) is 24.6 Å². The standard InChI is InChI=1S/C16H19N3O2/c1-2-21-16(20)12-6-5-9-19(11-12)15-10-17-13-7-3-4-8-14(13)18-15/h3-4,7-8,10,12H,2,5-6,9,11H2,1H3. The molecule has 21 heavy (non-hydrogen) atoms. The van der Waals surface area contributed by atoms with Crippen molar-refractivity contribution in [2.24, 2.45) is 5.92 Å². The Morgan fingerprint density at radius 2 is 2.19 bits per heavy atom. The summed E-state index contributed by atoms with van der Waals surface area (Å²) in [5.41, 5.74) is 1.77. The molecule has 1 aromatic carbocycles. The third-order valence-corrected chi connectivity index (χ3v) is 3.80. The molecule has 0 N–H and O–H groups in total. The number of rotatable bonds is 3. The molecule has 1 fully saturated rings. The van der Waals surface area contributed by atoms with Crippen molar-refractivity contribution in [1.29, 1.82) is 0 Å². The lowest BCUT2D eigenvalue weighted by atomic mass is 9.98. The molecule has 1 aliphatic rings. The molecule has 0 spiro atoms. The number of benzene rings is 1. The Kier molecular flexibility index (Phi) is 3.99. The molecule has 0 saturated carbocycles. The van der Waals surface area contributed by atoms with Gasteiger partial charge in [-0.15, -0.1) is 0 Å². The molecule has 3 rings (SSSR count). The Morgan fingerprint density at radius 3 is 3.00 bits per heavy atom. The zero-order valence-electron chi connectivity index (χ0n) is 12.2. The van der Waals surface area contributed by atoms with E-state index in [4.69, 9.17) is 4.74 Å². The monoisotopic (exact) mass is 285 g/mol. The van der Waals surface area contributed by atoms with Crippen LogP contribution in [0.2, 0.25) is 0 Å². The molecule has 2 aromatic rings. The van der Waals surface area contributed by atoms with Crippen LogP contribution in [0.1, 0.15) is 19.8 Å². The number of aromatic nitrogens is 2. The minimum atomic E-state index is -0.101. The highest BCUT2D eigenvalue weighted by molar-refractivity contribution is 5.76. The highest BCUT2D eigenvalue weighted by atomic mass is 16.5. The van der Waals surface area contributed by atoms with Gasteiger partial charge in [-0.05, 0) is 31.9 Å². The van der Waals surface area contributed by atoms with Crippen LogP contribution in [0.4, 0.5) is 5.82 Å². The second-order valence-corrected chi connectivity index (χ2v) is 5.25. The lowest BCUT2D eigenvalue weighted by Gasteiger charge is -2.32. The largest absolute Gasteiger partial charge is 0.466 e. The number of esters is 1. The van der Waals surface area contributed by atoms with Gasteiger partial charge in [0.1, 0.15) is 5.82 Å². The molecular weight excluding hydrogens is 266 g/mol. The predicted molar refractivity (Wildman–Crippen MR) is 81.1 cm³/mol. The highest BCUT2D eigenvalue weighted by Crippen LogP contribution is 2.23. The van der Waals surface area contributed by atoms with E-state index in [2.05, 4.69) is 14.9 Å². The van der Waals surface area contributed by atoms with Gasteiger partial charge in [-0.3, -0.25) is 9.78 Å². The number of nitrogens with zero attached hydrogens (tertiary/aromatic N) is 3. The van der Waals surface area contributed by atoms with Gasteiger partial charge in [0.2, 0.25) is 0 Å². The van der Waals surface area contributed by atoms with Gasteiger partial charge >= 0.3 is 5.97 Å². The molecule has 1 aliphatic heterocycles. The predicted octanol–water partition coefficient (Wildman–Crippen LogP) is 2.41. The lowest BCUT2D eigenvalue weighted by molar-refractivity contribution is -0.148. The third-order valence-electron chi connectivity index (χ3n) is 3.80. The molecule has 0 amide bonds. The number of hydrogen-bond acceptors (Lipinski definition) is 5. The minimum absolute atomic E-state index is 0.0630. The van der Waals surface area contributed by atoms with Gasteiger partial charge in [0.15, 0.2) is 0 Å². The van der Waals surface area contributed by atoms with Crippen molar-refractivity contribution in [2.45, 2.75) is 19.8 Å². The molecule has 5 nitrogen and oxygen atoms in total. The second kappa shape index (κ2) is 6.08. The molecule has 0 bridgehead atoms. The zero-order valence-corrected chi connectivity index (χ0v) is 12.2. The van der Waals surface area contributed by atoms with Crippen LogP contribution < -0.4 is 4.90 Å². The van der Waals surface area contributed by atoms with E-state index in [1.807, 2.05) is 31.2 Å². The maximum Gasteiger partial charge on any atom is 0.310 e. The van der Waals surface area contributed by atoms with Crippen LogP contribution in [0.25, 0.3) is 11.0 Å². The van der Waals surface area contributed by atoms with Crippen LogP contribution in [0.5, 0.6) is 0 Å². The van der Waals surface area contributed by atoms with Gasteiger partial charge in [0.05, 0.1) is 29.8 Å². The van der Waals surface area contributed by atoms with Crippen LogP contribution in [-0.2, 0) is 9.53 Å². The summed E-state index contributed by atoms with van der Waals surface area (Å²) in [4.78, 5) is 23.1. The number of hydrogen-bond donors (Lipinski definition) is 0. The van der Waals surface area contributed by atoms with E-state index < -0.39 is 0 Å². The Bertz CT molecular complexity index is 644. The van der Waals surface area contributed by atoms with Gasteiger partial charge in [0.25, 0.3) is 0 Å². The first-order chi connectivity index (χ1) is 10.3. The fourth-order valence-corrected chi connectivity index (χ4v) is 2.74. The first kappa shape index (κ1) is 13.8. The van der Waals surface area contributed by atoms with Crippen molar-refractivity contribution >= 4 is 22.8 Å². The number of carbonyl (C=O) groups excluding carboxylic acids is 1. The smallest absolute Gasteiger partial charge is 0.310 e. The highest BCUT2D eigenvalue weighted by Gasteiger charge is 2.27. The van der Waals surface area contributed by atoms with Gasteiger partial charge in [-0.1, -0.05) is 12.1 Å².